The van der Waals surface area contributed by atoms with Crippen LogP contribution in [0.5, 0.6) is 0 Å². The zero-order chi connectivity index (χ0) is 14.9. The summed E-state index contributed by atoms with van der Waals surface area (Å²) in [5.41, 5.74) is 0. The Morgan fingerprint density at radius 1 is 1.25 bits per heavy atom. The molecule has 0 aromatic carbocycles. The lowest BCUT2D eigenvalue weighted by atomic mass is 9.90. The van der Waals surface area contributed by atoms with E-state index in [9.17, 15) is 23.1 Å². The number of aliphatic hydroxyl groups is 1. The Kier molecular flexibility index (Phi) is 4.59. The highest BCUT2D eigenvalue weighted by Crippen LogP contribution is 2.32. The first kappa shape index (κ1) is 15.6. The minimum atomic E-state index is -4.58. The van der Waals surface area contributed by atoms with Crippen molar-refractivity contribution in [1.29, 1.82) is 0 Å². The third-order valence-corrected chi connectivity index (χ3v) is 4.14. The monoisotopic (exact) mass is 295 g/mol. The first-order chi connectivity index (χ1) is 9.29. The fourth-order valence-electron chi connectivity index (χ4n) is 2.89. The van der Waals surface area contributed by atoms with Crippen molar-refractivity contribution in [1.82, 2.24) is 4.90 Å². The van der Waals surface area contributed by atoms with E-state index in [-0.39, 0.29) is 37.9 Å². The van der Waals surface area contributed by atoms with E-state index in [2.05, 4.69) is 0 Å². The van der Waals surface area contributed by atoms with Gasteiger partial charge in [0.2, 0.25) is 0 Å². The van der Waals surface area contributed by atoms with Gasteiger partial charge in [-0.1, -0.05) is 0 Å². The van der Waals surface area contributed by atoms with Gasteiger partial charge < -0.3 is 14.7 Å². The van der Waals surface area contributed by atoms with Gasteiger partial charge in [0.05, 0.1) is 6.10 Å². The van der Waals surface area contributed by atoms with Crippen LogP contribution in [-0.2, 0) is 9.53 Å². The fourth-order valence-corrected chi connectivity index (χ4v) is 2.89. The van der Waals surface area contributed by atoms with E-state index in [0.717, 1.165) is 6.42 Å². The summed E-state index contributed by atoms with van der Waals surface area (Å²) in [6, 6.07) is 0. The van der Waals surface area contributed by atoms with E-state index < -0.39 is 24.3 Å². The molecule has 1 amide bonds. The molecule has 2 fully saturated rings. The molecule has 4 nitrogen and oxygen atoms in total. The van der Waals surface area contributed by atoms with Gasteiger partial charge in [0.25, 0.3) is 5.91 Å². The summed E-state index contributed by atoms with van der Waals surface area (Å²) >= 11 is 0. The van der Waals surface area contributed by atoms with Crippen molar-refractivity contribution in [3.8, 4) is 0 Å². The van der Waals surface area contributed by atoms with E-state index >= 15 is 0 Å². The lowest BCUT2D eigenvalue weighted by Gasteiger charge is -2.35. The Hall–Kier alpha value is -0.820. The van der Waals surface area contributed by atoms with Crippen molar-refractivity contribution in [2.45, 2.75) is 57.1 Å². The molecule has 0 radical (unpaired) electrons. The number of hydrogen-bond acceptors (Lipinski definition) is 3. The van der Waals surface area contributed by atoms with Crippen LogP contribution in [0.3, 0.4) is 0 Å². The van der Waals surface area contributed by atoms with Gasteiger partial charge in [0, 0.05) is 13.1 Å². The molecule has 0 spiro atoms. The second kappa shape index (κ2) is 5.89. The van der Waals surface area contributed by atoms with Gasteiger partial charge in [0.1, 0.15) is 6.10 Å². The predicted molar refractivity (Wildman–Crippen MR) is 64.9 cm³/mol. The van der Waals surface area contributed by atoms with E-state index in [4.69, 9.17) is 4.74 Å². The van der Waals surface area contributed by atoms with Crippen LogP contribution >= 0.6 is 0 Å². The summed E-state index contributed by atoms with van der Waals surface area (Å²) in [5.74, 6) is -0.947. The maximum Gasteiger partial charge on any atom is 0.414 e. The van der Waals surface area contributed by atoms with Crippen molar-refractivity contribution < 1.29 is 27.8 Å². The van der Waals surface area contributed by atoms with Crippen LogP contribution in [0.2, 0.25) is 0 Å². The number of rotatable bonds is 2. The maximum atomic E-state index is 12.4. The van der Waals surface area contributed by atoms with Crippen molar-refractivity contribution in [2.24, 2.45) is 5.92 Å². The molecule has 3 unspecified atom stereocenters. The van der Waals surface area contributed by atoms with Crippen molar-refractivity contribution in [3.63, 3.8) is 0 Å². The number of amides is 1. The van der Waals surface area contributed by atoms with Gasteiger partial charge in [-0.2, -0.15) is 13.2 Å². The van der Waals surface area contributed by atoms with Crippen LogP contribution in [0.25, 0.3) is 0 Å². The van der Waals surface area contributed by atoms with Gasteiger partial charge in [0.15, 0.2) is 6.10 Å². The van der Waals surface area contributed by atoms with E-state index in [1.807, 2.05) is 6.92 Å². The average molecular weight is 295 g/mol. The second-order valence-corrected chi connectivity index (χ2v) is 5.66. The molecule has 1 N–H and O–H groups in total. The molecular weight excluding hydrogens is 275 g/mol. The molecule has 2 aliphatic rings. The predicted octanol–water partition coefficient (Wildman–Crippen LogP) is 1.72. The highest BCUT2D eigenvalue weighted by atomic mass is 19.4. The van der Waals surface area contributed by atoms with Gasteiger partial charge in [-0.25, -0.2) is 0 Å². The quantitative estimate of drug-likeness (QED) is 0.844. The molecule has 2 saturated heterocycles. The Morgan fingerprint density at radius 2 is 1.85 bits per heavy atom. The van der Waals surface area contributed by atoms with Gasteiger partial charge >= 0.3 is 6.18 Å². The minimum absolute atomic E-state index is 0.0635. The summed E-state index contributed by atoms with van der Waals surface area (Å²) < 4.78 is 42.8. The molecule has 0 aliphatic carbocycles. The largest absolute Gasteiger partial charge is 0.414 e. The number of halogens is 3. The topological polar surface area (TPSA) is 49.8 Å². The Morgan fingerprint density at radius 3 is 2.30 bits per heavy atom. The van der Waals surface area contributed by atoms with Crippen LogP contribution in [0.15, 0.2) is 0 Å². The summed E-state index contributed by atoms with van der Waals surface area (Å²) in [4.78, 5) is 13.7. The molecule has 0 aromatic rings. The zero-order valence-electron chi connectivity index (χ0n) is 11.4. The summed E-state index contributed by atoms with van der Waals surface area (Å²) in [6.45, 7) is 2.41. The van der Waals surface area contributed by atoms with Gasteiger partial charge in [-0.3, -0.25) is 4.79 Å². The second-order valence-electron chi connectivity index (χ2n) is 5.66. The standard InChI is InChI=1S/C13H20F3NO3/c1-8-2-3-10(20-8)12(19)17-6-4-9(5-7-17)11(18)13(14,15)16/h8-11,18H,2-7H2,1H3. The van der Waals surface area contributed by atoms with Gasteiger partial charge in [-0.15, -0.1) is 0 Å². The number of alkyl halides is 3. The number of nitrogens with zero attached hydrogens (tertiary/aromatic N) is 1. The molecule has 2 rings (SSSR count). The van der Waals surface area contributed by atoms with Crippen molar-refractivity contribution >= 4 is 5.91 Å². The maximum absolute atomic E-state index is 12.4. The molecule has 0 aromatic heterocycles. The third kappa shape index (κ3) is 3.44. The van der Waals surface area contributed by atoms with Crippen LogP contribution in [0.4, 0.5) is 13.2 Å². The first-order valence-corrected chi connectivity index (χ1v) is 6.98. The highest BCUT2D eigenvalue weighted by Gasteiger charge is 2.45. The molecule has 3 atom stereocenters. The SMILES string of the molecule is CC1CCC(C(=O)N2CCC(C(O)C(F)(F)F)CC2)O1. The number of aliphatic hydroxyl groups excluding tert-OH is 1. The van der Waals surface area contributed by atoms with Gasteiger partial charge in [-0.05, 0) is 38.5 Å². The molecular formula is C13H20F3NO3. The first-order valence-electron chi connectivity index (χ1n) is 6.98. The number of ether oxygens (including phenoxy) is 1. The molecule has 2 aliphatic heterocycles. The van der Waals surface area contributed by atoms with Crippen LogP contribution in [0, 0.1) is 5.92 Å². The van der Waals surface area contributed by atoms with Crippen LogP contribution in [-0.4, -0.2) is 53.5 Å². The van der Waals surface area contributed by atoms with Crippen molar-refractivity contribution in [2.75, 3.05) is 13.1 Å². The van der Waals surface area contributed by atoms with Crippen LogP contribution < -0.4 is 0 Å². The molecule has 116 valence electrons. The lowest BCUT2D eigenvalue weighted by Crippen LogP contribution is -2.47. The normalized spacial score (nSPS) is 30.6. The smallest absolute Gasteiger partial charge is 0.383 e. The third-order valence-electron chi connectivity index (χ3n) is 4.14. The number of carbonyl (C=O) groups is 1. The number of carbonyl (C=O) groups excluding carboxylic acids is 1. The number of likely N-dealkylation sites (tertiary alicyclic amines) is 1. The number of hydrogen-bond donors (Lipinski definition) is 1. The Bertz CT molecular complexity index is 353. The average Bonchev–Trinajstić information content (AvgIpc) is 2.83. The molecule has 20 heavy (non-hydrogen) atoms. The Labute approximate surface area is 115 Å². The fraction of sp³-hybridized carbons (Fsp3) is 0.923. The minimum Gasteiger partial charge on any atom is -0.383 e. The van der Waals surface area contributed by atoms with E-state index in [1.54, 1.807) is 4.90 Å². The van der Waals surface area contributed by atoms with E-state index in [0.29, 0.717) is 6.42 Å². The molecule has 0 bridgehead atoms. The Balaban J connectivity index is 1.84. The highest BCUT2D eigenvalue weighted by molar-refractivity contribution is 5.81. The zero-order valence-corrected chi connectivity index (χ0v) is 11.4. The van der Waals surface area contributed by atoms with E-state index in [1.165, 1.54) is 0 Å². The van der Waals surface area contributed by atoms with Crippen LogP contribution in [0.1, 0.15) is 32.6 Å². The molecule has 7 heteroatoms. The summed E-state index contributed by atoms with van der Waals surface area (Å²) in [7, 11) is 0. The van der Waals surface area contributed by atoms with Crippen molar-refractivity contribution in [3.05, 3.63) is 0 Å². The molecule has 0 saturated carbocycles. The summed E-state index contributed by atoms with van der Waals surface area (Å²) in [5, 5.41) is 9.23. The summed E-state index contributed by atoms with van der Waals surface area (Å²) in [6.07, 6.45) is -5.40. The number of piperidine rings is 1. The lowest BCUT2D eigenvalue weighted by molar-refractivity contribution is -0.223. The molecule has 2 heterocycles.